The third-order valence-electron chi connectivity index (χ3n) is 10.4. The lowest BCUT2D eigenvalue weighted by atomic mass is 10.0. The van der Waals surface area contributed by atoms with Crippen molar-refractivity contribution < 1.29 is 28.7 Å². The minimum Gasteiger partial charge on any atom is -0.453 e. The fourth-order valence-electron chi connectivity index (χ4n) is 7.38. The number of H-pyrrole nitrogens is 2. The standard InChI is InChI=1S/C40H50N8O6/c1-23(2)33(45-39(51)53-5)37(49)47-19-7-9-31(47)35-41-21-29(43-35)27-15-11-25(12-16-27)26-13-17-28(18-14-26)30-22-42-36(44-30)32-10-8-20-48(32)38(50)34(24(3)4)46-40(52)54-6/h11-18,21-24,31-34H,7-10,19-20H2,1-6H3,(H,41,43)(H,42,44)(H,45,51)(H,46,52). The highest BCUT2D eigenvalue weighted by molar-refractivity contribution is 5.87. The van der Waals surface area contributed by atoms with Gasteiger partial charge in [0.15, 0.2) is 0 Å². The Hall–Kier alpha value is -5.66. The predicted molar refractivity (Wildman–Crippen MR) is 203 cm³/mol. The molecule has 0 aliphatic carbocycles. The Morgan fingerprint density at radius 2 is 0.981 bits per heavy atom. The summed E-state index contributed by atoms with van der Waals surface area (Å²) in [6.07, 6.45) is 5.61. The van der Waals surface area contributed by atoms with Gasteiger partial charge in [-0.3, -0.25) is 9.59 Å². The molecular formula is C40H50N8O6. The van der Waals surface area contributed by atoms with Crippen LogP contribution in [0.15, 0.2) is 60.9 Å². The van der Waals surface area contributed by atoms with Gasteiger partial charge in [0, 0.05) is 13.1 Å². The van der Waals surface area contributed by atoms with E-state index in [0.29, 0.717) is 13.1 Å². The van der Waals surface area contributed by atoms with Gasteiger partial charge in [0.25, 0.3) is 0 Å². The number of rotatable bonds is 11. The first-order chi connectivity index (χ1) is 26.0. The van der Waals surface area contributed by atoms with Crippen LogP contribution in [0.5, 0.6) is 0 Å². The number of aromatic nitrogens is 4. The van der Waals surface area contributed by atoms with Gasteiger partial charge in [-0.2, -0.15) is 0 Å². The highest BCUT2D eigenvalue weighted by atomic mass is 16.5. The molecule has 0 radical (unpaired) electrons. The van der Waals surface area contributed by atoms with Crippen molar-refractivity contribution in [3.63, 3.8) is 0 Å². The molecule has 14 heteroatoms. The van der Waals surface area contributed by atoms with Crippen LogP contribution in [-0.4, -0.2) is 93.1 Å². The Balaban J connectivity index is 1.11. The fourth-order valence-corrected chi connectivity index (χ4v) is 7.38. The molecule has 2 fully saturated rings. The lowest BCUT2D eigenvalue weighted by Gasteiger charge is -2.30. The predicted octanol–water partition coefficient (Wildman–Crippen LogP) is 6.22. The van der Waals surface area contributed by atoms with E-state index in [9.17, 15) is 19.2 Å². The Labute approximate surface area is 315 Å². The minimum atomic E-state index is -0.687. The van der Waals surface area contributed by atoms with E-state index in [1.807, 2.05) is 52.0 Å². The Bertz CT molecular complexity index is 1800. The molecule has 4 atom stereocenters. The van der Waals surface area contributed by atoms with Crippen LogP contribution in [0.25, 0.3) is 33.6 Å². The van der Waals surface area contributed by atoms with E-state index in [0.717, 1.165) is 71.0 Å². The molecule has 0 bridgehead atoms. The second-order valence-corrected chi connectivity index (χ2v) is 14.6. The van der Waals surface area contributed by atoms with E-state index < -0.39 is 24.3 Å². The quantitative estimate of drug-likeness (QED) is 0.140. The normalized spacial score (nSPS) is 18.1. The van der Waals surface area contributed by atoms with Crippen molar-refractivity contribution in [1.29, 1.82) is 0 Å². The van der Waals surface area contributed by atoms with Crippen LogP contribution in [0, 0.1) is 11.8 Å². The topological polar surface area (TPSA) is 175 Å². The lowest BCUT2D eigenvalue weighted by Crippen LogP contribution is -2.51. The summed E-state index contributed by atoms with van der Waals surface area (Å²) < 4.78 is 9.50. The minimum absolute atomic E-state index is 0.104. The maximum Gasteiger partial charge on any atom is 0.407 e. The summed E-state index contributed by atoms with van der Waals surface area (Å²) in [7, 11) is 2.58. The van der Waals surface area contributed by atoms with Gasteiger partial charge in [0.05, 0.1) is 50.1 Å². The first kappa shape index (κ1) is 38.1. The molecule has 2 aromatic heterocycles. The van der Waals surface area contributed by atoms with Crippen LogP contribution in [0.4, 0.5) is 9.59 Å². The molecule has 54 heavy (non-hydrogen) atoms. The molecule has 4 unspecified atom stereocenters. The molecule has 286 valence electrons. The number of amides is 4. The molecule has 2 aliphatic rings. The molecule has 2 saturated heterocycles. The largest absolute Gasteiger partial charge is 0.453 e. The molecule has 4 heterocycles. The first-order valence-electron chi connectivity index (χ1n) is 18.6. The number of methoxy groups -OCH3 is 2. The molecule has 2 aliphatic heterocycles. The fraction of sp³-hybridized carbons (Fsp3) is 0.450. The van der Waals surface area contributed by atoms with Crippen molar-refractivity contribution in [2.75, 3.05) is 27.3 Å². The summed E-state index contributed by atoms with van der Waals surface area (Å²) in [4.78, 5) is 70.7. The smallest absolute Gasteiger partial charge is 0.407 e. The van der Waals surface area contributed by atoms with E-state index in [4.69, 9.17) is 9.47 Å². The number of alkyl carbamates (subject to hydrolysis) is 2. The molecule has 2 aromatic carbocycles. The zero-order valence-corrected chi connectivity index (χ0v) is 31.7. The van der Waals surface area contributed by atoms with Gasteiger partial charge in [-0.15, -0.1) is 0 Å². The maximum absolute atomic E-state index is 13.5. The number of imidazole rings is 2. The number of benzene rings is 2. The third kappa shape index (κ3) is 8.12. The van der Waals surface area contributed by atoms with E-state index >= 15 is 0 Å². The number of ether oxygens (including phenoxy) is 2. The Morgan fingerprint density at radius 3 is 1.31 bits per heavy atom. The van der Waals surface area contributed by atoms with Crippen LogP contribution >= 0.6 is 0 Å². The Morgan fingerprint density at radius 1 is 0.630 bits per heavy atom. The zero-order valence-electron chi connectivity index (χ0n) is 31.7. The van der Waals surface area contributed by atoms with Gasteiger partial charge >= 0.3 is 12.2 Å². The maximum atomic E-state index is 13.5. The lowest BCUT2D eigenvalue weighted by molar-refractivity contribution is -0.136. The molecule has 14 nitrogen and oxygen atoms in total. The number of aromatic amines is 2. The van der Waals surface area contributed by atoms with Crippen molar-refractivity contribution in [3.05, 3.63) is 72.6 Å². The average molecular weight is 739 g/mol. The van der Waals surface area contributed by atoms with Gasteiger partial charge in [-0.1, -0.05) is 76.2 Å². The van der Waals surface area contributed by atoms with Crippen molar-refractivity contribution in [2.24, 2.45) is 11.8 Å². The number of carbonyl (C=O) groups is 4. The average Bonchev–Trinajstić information content (AvgIpc) is 4.02. The molecular weight excluding hydrogens is 688 g/mol. The molecule has 6 rings (SSSR count). The van der Waals surface area contributed by atoms with Crippen LogP contribution in [0.1, 0.15) is 77.1 Å². The van der Waals surface area contributed by atoms with Crippen LogP contribution < -0.4 is 10.6 Å². The number of likely N-dealkylation sites (tertiary alicyclic amines) is 2. The van der Waals surface area contributed by atoms with Crippen molar-refractivity contribution in [2.45, 2.75) is 77.5 Å². The number of hydrogen-bond donors (Lipinski definition) is 4. The summed E-state index contributed by atoms with van der Waals surface area (Å²) >= 11 is 0. The first-order valence-corrected chi connectivity index (χ1v) is 18.6. The van der Waals surface area contributed by atoms with Crippen molar-refractivity contribution >= 4 is 24.0 Å². The van der Waals surface area contributed by atoms with Gasteiger partial charge in [-0.05, 0) is 59.8 Å². The summed E-state index contributed by atoms with van der Waals surface area (Å²) in [5.74, 6) is 0.955. The molecule has 4 aromatic rings. The second kappa shape index (κ2) is 16.6. The highest BCUT2D eigenvalue weighted by Crippen LogP contribution is 2.35. The zero-order chi connectivity index (χ0) is 38.5. The molecule has 4 N–H and O–H groups in total. The van der Waals surface area contributed by atoms with E-state index in [-0.39, 0.29) is 35.7 Å². The third-order valence-corrected chi connectivity index (χ3v) is 10.4. The van der Waals surface area contributed by atoms with Crippen molar-refractivity contribution in [3.8, 4) is 33.6 Å². The van der Waals surface area contributed by atoms with Gasteiger partial charge in [0.2, 0.25) is 11.8 Å². The van der Waals surface area contributed by atoms with Crippen LogP contribution in [-0.2, 0) is 19.1 Å². The summed E-state index contributed by atoms with van der Waals surface area (Å²) in [5.41, 5.74) is 5.78. The molecule has 0 spiro atoms. The van der Waals surface area contributed by atoms with E-state index in [1.165, 1.54) is 14.2 Å². The highest BCUT2D eigenvalue weighted by Gasteiger charge is 2.39. The molecule has 0 saturated carbocycles. The number of nitrogens with one attached hydrogen (secondary N) is 4. The van der Waals surface area contributed by atoms with E-state index in [1.54, 1.807) is 22.2 Å². The number of nitrogens with zero attached hydrogens (tertiary/aromatic N) is 4. The summed E-state index contributed by atoms with van der Waals surface area (Å²) in [6, 6.07) is 14.7. The second-order valence-electron chi connectivity index (χ2n) is 14.6. The number of carbonyl (C=O) groups excluding carboxylic acids is 4. The van der Waals surface area contributed by atoms with Gasteiger partial charge < -0.3 is 39.9 Å². The Kier molecular flexibility index (Phi) is 11.7. The molecule has 4 amide bonds. The monoisotopic (exact) mass is 738 g/mol. The van der Waals surface area contributed by atoms with Gasteiger partial charge in [0.1, 0.15) is 23.7 Å². The van der Waals surface area contributed by atoms with Crippen LogP contribution in [0.3, 0.4) is 0 Å². The van der Waals surface area contributed by atoms with Gasteiger partial charge in [-0.25, -0.2) is 19.6 Å². The number of hydrogen-bond acceptors (Lipinski definition) is 8. The summed E-state index contributed by atoms with van der Waals surface area (Å²) in [5, 5.41) is 5.38. The summed E-state index contributed by atoms with van der Waals surface area (Å²) in [6.45, 7) is 8.78. The van der Waals surface area contributed by atoms with Crippen LogP contribution in [0.2, 0.25) is 0 Å². The SMILES string of the molecule is COC(=O)NC(C(=O)N1CCCC1c1ncc(-c2ccc(-c3ccc(-c4cnc(C5CCCN5C(=O)C(NC(=O)OC)C(C)C)[nH]4)cc3)cc2)[nH]1)C(C)C. The van der Waals surface area contributed by atoms with E-state index in [2.05, 4.69) is 54.8 Å². The van der Waals surface area contributed by atoms with Crippen molar-refractivity contribution in [1.82, 2.24) is 40.4 Å².